The summed E-state index contributed by atoms with van der Waals surface area (Å²) in [7, 11) is 0. The number of nitrogens with one attached hydrogen (secondary N) is 1. The third-order valence-electron chi connectivity index (χ3n) is 4.49. The molecule has 2 heterocycles. The number of fused-ring (bicyclic) bond motifs is 1. The van der Waals surface area contributed by atoms with Gasteiger partial charge >= 0.3 is 0 Å². The van der Waals surface area contributed by atoms with Crippen molar-refractivity contribution in [1.29, 1.82) is 0 Å². The maximum atomic E-state index is 4.86. The minimum Gasteiger partial charge on any atom is -0.326 e. The molecule has 3 nitrogen and oxygen atoms in total. The average molecular weight is 233 g/mol. The third-order valence-corrected chi connectivity index (χ3v) is 4.49. The minimum atomic E-state index is 0.350. The monoisotopic (exact) mass is 233 g/mol. The highest BCUT2D eigenvalue weighted by molar-refractivity contribution is 5.23. The number of hydrogen-bond acceptors (Lipinski definition) is 2. The first-order chi connectivity index (χ1) is 8.24. The molecule has 3 rings (SSSR count). The lowest BCUT2D eigenvalue weighted by Crippen LogP contribution is -2.33. The molecule has 1 N–H and O–H groups in total. The van der Waals surface area contributed by atoms with Crippen LogP contribution in [0.5, 0.6) is 0 Å². The second-order valence-corrected chi connectivity index (χ2v) is 5.74. The standard InChI is InChI=1S/C14H23N3/c1-3-13-16-11-10-15-9-6-12(11)17(13)14(2)7-4-5-8-14/h15H,3-10H2,1-2H3. The zero-order valence-corrected chi connectivity index (χ0v) is 11.1. The molecular formula is C14H23N3. The van der Waals surface area contributed by atoms with E-state index in [9.17, 15) is 0 Å². The molecule has 0 amide bonds. The lowest BCUT2D eigenvalue weighted by Gasteiger charge is -2.31. The van der Waals surface area contributed by atoms with Crippen molar-refractivity contribution in [3.63, 3.8) is 0 Å². The van der Waals surface area contributed by atoms with E-state index in [1.807, 2.05) is 0 Å². The second-order valence-electron chi connectivity index (χ2n) is 5.74. The van der Waals surface area contributed by atoms with Gasteiger partial charge in [0.25, 0.3) is 0 Å². The Morgan fingerprint density at radius 1 is 1.35 bits per heavy atom. The Balaban J connectivity index is 2.10. The molecule has 0 radical (unpaired) electrons. The first kappa shape index (κ1) is 11.3. The molecule has 94 valence electrons. The Kier molecular flexibility index (Phi) is 2.74. The van der Waals surface area contributed by atoms with E-state index in [0.29, 0.717) is 5.54 Å². The molecule has 1 saturated carbocycles. The summed E-state index contributed by atoms with van der Waals surface area (Å²) >= 11 is 0. The van der Waals surface area contributed by atoms with Gasteiger partial charge in [-0.15, -0.1) is 0 Å². The molecule has 0 bridgehead atoms. The van der Waals surface area contributed by atoms with Crippen molar-refractivity contribution in [2.45, 2.75) is 64.5 Å². The number of aromatic nitrogens is 2. The van der Waals surface area contributed by atoms with E-state index in [1.165, 1.54) is 42.9 Å². The zero-order chi connectivity index (χ0) is 11.9. The van der Waals surface area contributed by atoms with Crippen LogP contribution in [0.3, 0.4) is 0 Å². The van der Waals surface area contributed by atoms with Crippen LogP contribution in [0.2, 0.25) is 0 Å². The smallest absolute Gasteiger partial charge is 0.109 e. The Bertz CT molecular complexity index is 413. The van der Waals surface area contributed by atoms with Gasteiger partial charge in [-0.05, 0) is 19.8 Å². The van der Waals surface area contributed by atoms with Gasteiger partial charge < -0.3 is 9.88 Å². The van der Waals surface area contributed by atoms with Crippen LogP contribution in [0.15, 0.2) is 0 Å². The van der Waals surface area contributed by atoms with Gasteiger partial charge in [-0.3, -0.25) is 0 Å². The van der Waals surface area contributed by atoms with Gasteiger partial charge in [-0.2, -0.15) is 0 Å². The molecule has 0 atom stereocenters. The largest absolute Gasteiger partial charge is 0.326 e. The van der Waals surface area contributed by atoms with Gasteiger partial charge in [0.05, 0.1) is 5.69 Å². The molecule has 3 heteroatoms. The van der Waals surface area contributed by atoms with E-state index in [4.69, 9.17) is 4.98 Å². The number of imidazole rings is 1. The van der Waals surface area contributed by atoms with E-state index in [1.54, 1.807) is 0 Å². The van der Waals surface area contributed by atoms with Crippen LogP contribution in [-0.2, 0) is 24.9 Å². The summed E-state index contributed by atoms with van der Waals surface area (Å²) in [5.74, 6) is 1.31. The lowest BCUT2D eigenvalue weighted by molar-refractivity contribution is 0.308. The van der Waals surface area contributed by atoms with Crippen molar-refractivity contribution < 1.29 is 0 Å². The molecule has 2 aliphatic rings. The average Bonchev–Trinajstić information content (AvgIpc) is 2.92. The quantitative estimate of drug-likeness (QED) is 0.850. The van der Waals surface area contributed by atoms with Gasteiger partial charge in [0.1, 0.15) is 5.82 Å². The van der Waals surface area contributed by atoms with Crippen LogP contribution >= 0.6 is 0 Å². The number of rotatable bonds is 2. The van der Waals surface area contributed by atoms with Crippen molar-refractivity contribution in [1.82, 2.24) is 14.9 Å². The van der Waals surface area contributed by atoms with Gasteiger partial charge in [0.15, 0.2) is 0 Å². The Hall–Kier alpha value is -0.830. The molecule has 1 aromatic rings. The Labute approximate surface area is 104 Å². The molecule has 0 unspecified atom stereocenters. The summed E-state index contributed by atoms with van der Waals surface area (Å²) in [5.41, 5.74) is 3.18. The summed E-state index contributed by atoms with van der Waals surface area (Å²) in [6.07, 6.45) is 7.63. The van der Waals surface area contributed by atoms with Crippen molar-refractivity contribution in [2.75, 3.05) is 6.54 Å². The molecular weight excluding hydrogens is 210 g/mol. The predicted octanol–water partition coefficient (Wildman–Crippen LogP) is 2.38. The maximum Gasteiger partial charge on any atom is 0.109 e. The van der Waals surface area contributed by atoms with Crippen molar-refractivity contribution in [2.24, 2.45) is 0 Å². The molecule has 1 aliphatic carbocycles. The van der Waals surface area contributed by atoms with Gasteiger partial charge in [0.2, 0.25) is 0 Å². The molecule has 0 aromatic carbocycles. The molecule has 1 aromatic heterocycles. The highest BCUT2D eigenvalue weighted by Crippen LogP contribution is 2.39. The SMILES string of the molecule is CCc1nc2c(n1C1(C)CCCC1)CCNC2. The van der Waals surface area contributed by atoms with Crippen molar-refractivity contribution >= 4 is 0 Å². The number of hydrogen-bond donors (Lipinski definition) is 1. The predicted molar refractivity (Wildman–Crippen MR) is 69.1 cm³/mol. The molecule has 1 aliphatic heterocycles. The fraction of sp³-hybridized carbons (Fsp3) is 0.786. The summed E-state index contributed by atoms with van der Waals surface area (Å²) in [6, 6.07) is 0. The fourth-order valence-electron chi connectivity index (χ4n) is 3.60. The van der Waals surface area contributed by atoms with E-state index in [-0.39, 0.29) is 0 Å². The first-order valence-electron chi connectivity index (χ1n) is 7.05. The van der Waals surface area contributed by atoms with Crippen molar-refractivity contribution in [3.8, 4) is 0 Å². The van der Waals surface area contributed by atoms with Gasteiger partial charge in [-0.25, -0.2) is 4.98 Å². The lowest BCUT2D eigenvalue weighted by atomic mass is 9.98. The number of nitrogens with zero attached hydrogens (tertiary/aromatic N) is 2. The van der Waals surface area contributed by atoms with Crippen LogP contribution in [-0.4, -0.2) is 16.1 Å². The normalized spacial score (nSPS) is 22.7. The molecule has 0 saturated heterocycles. The number of aryl methyl sites for hydroxylation is 1. The summed E-state index contributed by atoms with van der Waals surface area (Å²) in [5, 5.41) is 3.43. The van der Waals surface area contributed by atoms with E-state index in [2.05, 4.69) is 23.7 Å². The van der Waals surface area contributed by atoms with Crippen LogP contribution in [0.1, 0.15) is 56.7 Å². The fourth-order valence-corrected chi connectivity index (χ4v) is 3.60. The van der Waals surface area contributed by atoms with Crippen molar-refractivity contribution in [3.05, 3.63) is 17.2 Å². The Morgan fingerprint density at radius 2 is 2.12 bits per heavy atom. The summed E-state index contributed by atoms with van der Waals surface area (Å²) in [4.78, 5) is 4.86. The molecule has 0 spiro atoms. The molecule has 1 fully saturated rings. The zero-order valence-electron chi connectivity index (χ0n) is 11.1. The van der Waals surface area contributed by atoms with Gasteiger partial charge in [-0.1, -0.05) is 19.8 Å². The highest BCUT2D eigenvalue weighted by atomic mass is 15.2. The molecule has 17 heavy (non-hydrogen) atoms. The van der Waals surface area contributed by atoms with E-state index >= 15 is 0 Å². The maximum absolute atomic E-state index is 4.86. The van der Waals surface area contributed by atoms with Crippen LogP contribution in [0.4, 0.5) is 0 Å². The van der Waals surface area contributed by atoms with Crippen LogP contribution < -0.4 is 5.32 Å². The third kappa shape index (κ3) is 1.71. The Morgan fingerprint density at radius 3 is 2.82 bits per heavy atom. The van der Waals surface area contributed by atoms with Crippen LogP contribution in [0, 0.1) is 0 Å². The highest BCUT2D eigenvalue weighted by Gasteiger charge is 2.35. The van der Waals surface area contributed by atoms with E-state index < -0.39 is 0 Å². The van der Waals surface area contributed by atoms with Crippen LogP contribution in [0.25, 0.3) is 0 Å². The van der Waals surface area contributed by atoms with E-state index in [0.717, 1.165) is 25.9 Å². The minimum absolute atomic E-state index is 0.350. The second kappa shape index (κ2) is 4.13. The summed E-state index contributed by atoms with van der Waals surface area (Å²) in [6.45, 7) is 6.74. The first-order valence-corrected chi connectivity index (χ1v) is 7.05. The summed E-state index contributed by atoms with van der Waals surface area (Å²) < 4.78 is 2.61. The topological polar surface area (TPSA) is 29.9 Å². The van der Waals surface area contributed by atoms with Gasteiger partial charge in [0, 0.05) is 37.2 Å².